The molecule has 1 amide bonds. The number of amides is 1. The molecule has 0 radical (unpaired) electrons. The highest BCUT2D eigenvalue weighted by atomic mass is 35.5. The molecule has 0 bridgehead atoms. The van der Waals surface area contributed by atoms with Gasteiger partial charge in [-0.05, 0) is 23.6 Å². The molecule has 7 heteroatoms. The number of carbonyl (C=O) groups is 1. The molecule has 0 heterocycles. The van der Waals surface area contributed by atoms with Crippen LogP contribution >= 0.6 is 12.4 Å². The lowest BCUT2D eigenvalue weighted by Crippen LogP contribution is -2.46. The fraction of sp³-hybridized carbons (Fsp3) is 0.350. The van der Waals surface area contributed by atoms with Gasteiger partial charge < -0.3 is 11.1 Å². The SMILES string of the molecule is CC(C)(CNC(=O)[C@@H](N)Cc1ccccc1)c1cccc(C(F)(F)F)c1.Cl. The summed E-state index contributed by atoms with van der Waals surface area (Å²) in [4.78, 5) is 12.2. The average Bonchev–Trinajstić information content (AvgIpc) is 2.60. The minimum Gasteiger partial charge on any atom is -0.354 e. The van der Waals surface area contributed by atoms with Gasteiger partial charge in [0.1, 0.15) is 0 Å². The van der Waals surface area contributed by atoms with Gasteiger partial charge in [-0.2, -0.15) is 13.2 Å². The van der Waals surface area contributed by atoms with Gasteiger partial charge in [-0.1, -0.05) is 62.4 Å². The van der Waals surface area contributed by atoms with E-state index in [1.807, 2.05) is 30.3 Å². The fourth-order valence-corrected chi connectivity index (χ4v) is 2.62. The van der Waals surface area contributed by atoms with E-state index < -0.39 is 23.2 Å². The van der Waals surface area contributed by atoms with Crippen LogP contribution in [0.2, 0.25) is 0 Å². The van der Waals surface area contributed by atoms with Gasteiger partial charge in [0.05, 0.1) is 11.6 Å². The summed E-state index contributed by atoms with van der Waals surface area (Å²) in [5.74, 6) is -0.325. The Balaban J connectivity index is 0.00000364. The predicted molar refractivity (Wildman–Crippen MR) is 103 cm³/mol. The molecular weight excluding hydrogens is 377 g/mol. The summed E-state index contributed by atoms with van der Waals surface area (Å²) in [5.41, 5.74) is 6.03. The van der Waals surface area contributed by atoms with E-state index in [-0.39, 0.29) is 24.9 Å². The van der Waals surface area contributed by atoms with Crippen molar-refractivity contribution < 1.29 is 18.0 Å². The predicted octanol–water partition coefficient (Wildman–Crippen LogP) is 4.09. The van der Waals surface area contributed by atoms with Crippen LogP contribution in [-0.4, -0.2) is 18.5 Å². The van der Waals surface area contributed by atoms with Crippen LogP contribution in [0.15, 0.2) is 54.6 Å². The van der Waals surface area contributed by atoms with Gasteiger partial charge in [0.15, 0.2) is 0 Å². The fourth-order valence-electron chi connectivity index (χ4n) is 2.62. The Morgan fingerprint density at radius 3 is 2.22 bits per heavy atom. The number of hydrogen-bond donors (Lipinski definition) is 2. The average molecular weight is 401 g/mol. The maximum atomic E-state index is 12.9. The standard InChI is InChI=1S/C20H23F3N2O.ClH/c1-19(2,15-9-6-10-16(12-15)20(21,22)23)13-25-18(26)17(24)11-14-7-4-3-5-8-14;/h3-10,12,17H,11,13,24H2,1-2H3,(H,25,26);1H/t17-;/m0./s1. The van der Waals surface area contributed by atoms with Gasteiger partial charge in [-0.15, -0.1) is 12.4 Å². The smallest absolute Gasteiger partial charge is 0.354 e. The van der Waals surface area contributed by atoms with Crippen molar-refractivity contribution in [2.24, 2.45) is 5.73 Å². The van der Waals surface area contributed by atoms with Crippen molar-refractivity contribution >= 4 is 18.3 Å². The number of hydrogen-bond acceptors (Lipinski definition) is 2. The molecule has 0 saturated heterocycles. The van der Waals surface area contributed by atoms with E-state index in [1.54, 1.807) is 19.9 Å². The van der Waals surface area contributed by atoms with Crippen LogP contribution in [0.3, 0.4) is 0 Å². The molecule has 27 heavy (non-hydrogen) atoms. The van der Waals surface area contributed by atoms with Crippen LogP contribution in [0, 0.1) is 0 Å². The Kier molecular flexibility index (Phi) is 7.87. The Hall–Kier alpha value is -2.05. The van der Waals surface area contributed by atoms with Gasteiger partial charge >= 0.3 is 6.18 Å². The molecule has 1 atom stereocenters. The maximum absolute atomic E-state index is 12.9. The van der Waals surface area contributed by atoms with Crippen molar-refractivity contribution in [3.63, 3.8) is 0 Å². The molecule has 2 aromatic rings. The van der Waals surface area contributed by atoms with Gasteiger partial charge in [-0.25, -0.2) is 0 Å². The zero-order valence-corrected chi connectivity index (χ0v) is 16.0. The van der Waals surface area contributed by atoms with Crippen molar-refractivity contribution in [3.05, 3.63) is 71.3 Å². The summed E-state index contributed by atoms with van der Waals surface area (Å²) in [5, 5.41) is 2.75. The lowest BCUT2D eigenvalue weighted by molar-refractivity contribution is -0.137. The Morgan fingerprint density at radius 1 is 1.04 bits per heavy atom. The number of alkyl halides is 3. The lowest BCUT2D eigenvalue weighted by Gasteiger charge is -2.27. The van der Waals surface area contributed by atoms with Gasteiger partial charge in [0.25, 0.3) is 0 Å². The molecule has 0 aromatic heterocycles. The second-order valence-corrected chi connectivity index (χ2v) is 6.98. The van der Waals surface area contributed by atoms with E-state index in [4.69, 9.17) is 5.73 Å². The molecule has 3 N–H and O–H groups in total. The van der Waals surface area contributed by atoms with Crippen LogP contribution in [0.1, 0.15) is 30.5 Å². The number of rotatable bonds is 6. The van der Waals surface area contributed by atoms with E-state index in [2.05, 4.69) is 5.32 Å². The van der Waals surface area contributed by atoms with E-state index in [0.717, 1.165) is 17.7 Å². The van der Waals surface area contributed by atoms with E-state index >= 15 is 0 Å². The largest absolute Gasteiger partial charge is 0.416 e. The van der Waals surface area contributed by atoms with Crippen LogP contribution < -0.4 is 11.1 Å². The Bertz CT molecular complexity index is 748. The third kappa shape index (κ3) is 6.56. The van der Waals surface area contributed by atoms with Crippen molar-refractivity contribution in [1.29, 1.82) is 0 Å². The topological polar surface area (TPSA) is 55.1 Å². The van der Waals surface area contributed by atoms with E-state index in [1.165, 1.54) is 6.07 Å². The van der Waals surface area contributed by atoms with Gasteiger partial charge in [-0.3, -0.25) is 4.79 Å². The van der Waals surface area contributed by atoms with Crippen LogP contribution in [0.25, 0.3) is 0 Å². The molecule has 0 aliphatic carbocycles. The molecule has 2 aromatic carbocycles. The molecule has 3 nitrogen and oxygen atoms in total. The summed E-state index contributed by atoms with van der Waals surface area (Å²) in [7, 11) is 0. The first kappa shape index (κ1) is 23.0. The lowest BCUT2D eigenvalue weighted by atomic mass is 9.83. The van der Waals surface area contributed by atoms with Crippen LogP contribution in [-0.2, 0) is 22.8 Å². The van der Waals surface area contributed by atoms with Crippen LogP contribution in [0.4, 0.5) is 13.2 Å². The summed E-state index contributed by atoms with van der Waals surface area (Å²) in [6.07, 6.45) is -4.00. The van der Waals surface area contributed by atoms with E-state index in [9.17, 15) is 18.0 Å². The van der Waals surface area contributed by atoms with Gasteiger partial charge in [0, 0.05) is 12.0 Å². The zero-order chi connectivity index (χ0) is 19.4. The Labute approximate surface area is 163 Å². The van der Waals surface area contributed by atoms with E-state index in [0.29, 0.717) is 12.0 Å². The van der Waals surface area contributed by atoms with Crippen molar-refractivity contribution in [2.45, 2.75) is 37.9 Å². The Morgan fingerprint density at radius 2 is 1.63 bits per heavy atom. The molecule has 0 aliphatic rings. The third-order valence-electron chi connectivity index (χ3n) is 4.31. The second-order valence-electron chi connectivity index (χ2n) is 6.98. The number of nitrogens with one attached hydrogen (secondary N) is 1. The quantitative estimate of drug-likeness (QED) is 0.767. The number of nitrogens with two attached hydrogens (primary N) is 1. The third-order valence-corrected chi connectivity index (χ3v) is 4.31. The first-order valence-corrected chi connectivity index (χ1v) is 8.34. The number of benzene rings is 2. The number of carbonyl (C=O) groups excluding carboxylic acids is 1. The summed E-state index contributed by atoms with van der Waals surface area (Å²) >= 11 is 0. The highest BCUT2D eigenvalue weighted by molar-refractivity contribution is 5.85. The molecule has 0 saturated carbocycles. The van der Waals surface area contributed by atoms with Crippen LogP contribution in [0.5, 0.6) is 0 Å². The minimum atomic E-state index is -4.40. The molecule has 0 aliphatic heterocycles. The first-order valence-electron chi connectivity index (χ1n) is 8.34. The molecular formula is C20H24ClF3N2O. The molecule has 0 unspecified atom stereocenters. The summed E-state index contributed by atoms with van der Waals surface area (Å²) < 4.78 is 38.7. The maximum Gasteiger partial charge on any atom is 0.416 e. The van der Waals surface area contributed by atoms with Gasteiger partial charge in [0.2, 0.25) is 5.91 Å². The normalized spacial score (nSPS) is 12.8. The second kappa shape index (κ2) is 9.24. The van der Waals surface area contributed by atoms with Crippen molar-refractivity contribution in [2.75, 3.05) is 6.54 Å². The molecule has 2 rings (SSSR count). The number of halogens is 4. The zero-order valence-electron chi connectivity index (χ0n) is 15.2. The summed E-state index contributed by atoms with van der Waals surface area (Å²) in [6, 6.07) is 13.9. The first-order chi connectivity index (χ1) is 12.1. The van der Waals surface area contributed by atoms with Crippen molar-refractivity contribution in [1.82, 2.24) is 5.32 Å². The monoisotopic (exact) mass is 400 g/mol. The van der Waals surface area contributed by atoms with Crippen molar-refractivity contribution in [3.8, 4) is 0 Å². The molecule has 148 valence electrons. The highest BCUT2D eigenvalue weighted by Gasteiger charge is 2.32. The molecule has 0 spiro atoms. The molecule has 0 fully saturated rings. The highest BCUT2D eigenvalue weighted by Crippen LogP contribution is 2.32. The summed E-state index contributed by atoms with van der Waals surface area (Å²) in [6.45, 7) is 3.76. The minimum absolute atomic E-state index is 0.